The van der Waals surface area contributed by atoms with Crippen LogP contribution in [0, 0.1) is 0 Å². The average Bonchev–Trinajstić information content (AvgIpc) is 2.66. The Labute approximate surface area is 113 Å². The van der Waals surface area contributed by atoms with Crippen molar-refractivity contribution in [1.82, 2.24) is 5.43 Å². The number of benzene rings is 1. The smallest absolute Gasteiger partial charge is 0.213 e. The number of hydrogen-bond acceptors (Lipinski definition) is 4. The van der Waals surface area contributed by atoms with Gasteiger partial charge < -0.3 is 14.4 Å². The molecule has 0 unspecified atom stereocenters. The van der Waals surface area contributed by atoms with Gasteiger partial charge in [0.25, 0.3) is 0 Å². The molecule has 0 aliphatic carbocycles. The largest absolute Gasteiger partial charge is 0.491 e. The summed E-state index contributed by atoms with van der Waals surface area (Å²) in [6, 6.07) is 7.89. The Kier molecular flexibility index (Phi) is 5.00. The molecule has 0 saturated carbocycles. The Morgan fingerprint density at radius 3 is 3.16 bits per heavy atom. The van der Waals surface area contributed by atoms with Crippen molar-refractivity contribution in [2.24, 2.45) is 10.8 Å². The number of para-hydroxylation sites is 2. The van der Waals surface area contributed by atoms with Crippen LogP contribution in [0.15, 0.2) is 29.3 Å². The van der Waals surface area contributed by atoms with Crippen molar-refractivity contribution >= 4 is 11.6 Å². The van der Waals surface area contributed by atoms with E-state index in [0.29, 0.717) is 25.7 Å². The molecule has 0 bridgehead atoms. The number of ether oxygens (including phenoxy) is 2. The number of nitrogens with one attached hydrogen (secondary N) is 1. The highest BCUT2D eigenvalue weighted by molar-refractivity contribution is 5.97. The maximum absolute atomic E-state index is 5.71. The molecule has 6 nitrogen and oxygen atoms in total. The molecule has 19 heavy (non-hydrogen) atoms. The number of rotatable bonds is 3. The van der Waals surface area contributed by atoms with Crippen molar-refractivity contribution in [3.8, 4) is 5.75 Å². The van der Waals surface area contributed by atoms with E-state index in [0.717, 1.165) is 24.4 Å². The molecule has 3 N–H and O–H groups in total. The number of guanidine groups is 1. The van der Waals surface area contributed by atoms with Crippen LogP contribution in [-0.2, 0) is 4.74 Å². The van der Waals surface area contributed by atoms with E-state index in [2.05, 4.69) is 10.4 Å². The third kappa shape index (κ3) is 3.36. The van der Waals surface area contributed by atoms with Gasteiger partial charge in [-0.15, -0.1) is 0 Å². The van der Waals surface area contributed by atoms with Crippen molar-refractivity contribution in [3.05, 3.63) is 24.3 Å². The second-order valence-corrected chi connectivity index (χ2v) is 4.16. The predicted octanol–water partition coefficient (Wildman–Crippen LogP) is 0.741. The molecule has 0 aromatic heterocycles. The number of hydrogen-bond donors (Lipinski definition) is 2. The summed E-state index contributed by atoms with van der Waals surface area (Å²) >= 11 is 0. The van der Waals surface area contributed by atoms with Crippen LogP contribution in [0.5, 0.6) is 5.75 Å². The van der Waals surface area contributed by atoms with Gasteiger partial charge in [0.05, 0.1) is 25.4 Å². The van der Waals surface area contributed by atoms with E-state index in [9.17, 15) is 0 Å². The van der Waals surface area contributed by atoms with Gasteiger partial charge in [0.1, 0.15) is 5.75 Å². The number of methoxy groups -OCH3 is 1. The number of fused-ring (bicyclic) bond motifs is 1. The molecule has 6 heteroatoms. The second kappa shape index (κ2) is 6.96. The topological polar surface area (TPSA) is 72.1 Å². The van der Waals surface area contributed by atoms with E-state index >= 15 is 0 Å². The molecule has 0 spiro atoms. The third-order valence-corrected chi connectivity index (χ3v) is 2.88. The van der Waals surface area contributed by atoms with Gasteiger partial charge in [-0.1, -0.05) is 12.1 Å². The number of aliphatic imine (C=N–C) groups is 1. The summed E-state index contributed by atoms with van der Waals surface area (Å²) in [6.07, 6.45) is 0.916. The third-order valence-electron chi connectivity index (χ3n) is 2.88. The summed E-state index contributed by atoms with van der Waals surface area (Å²) in [6.45, 7) is 2.64. The molecule has 1 aromatic carbocycles. The SMILES string of the molecule is COCCN=C(NN)N1CCCOc2ccccc21. The lowest BCUT2D eigenvalue weighted by molar-refractivity contribution is 0.208. The minimum atomic E-state index is 0.565. The lowest BCUT2D eigenvalue weighted by Crippen LogP contribution is -2.45. The van der Waals surface area contributed by atoms with Gasteiger partial charge in [0, 0.05) is 13.7 Å². The van der Waals surface area contributed by atoms with Gasteiger partial charge in [-0.05, 0) is 18.6 Å². The van der Waals surface area contributed by atoms with Gasteiger partial charge in [0.2, 0.25) is 5.96 Å². The van der Waals surface area contributed by atoms with E-state index in [1.54, 1.807) is 7.11 Å². The fraction of sp³-hybridized carbons (Fsp3) is 0.462. The Hall–Kier alpha value is -1.79. The summed E-state index contributed by atoms with van der Waals surface area (Å²) in [5, 5.41) is 0. The molecule has 2 rings (SSSR count). The number of anilines is 1. The van der Waals surface area contributed by atoms with Gasteiger partial charge in [0.15, 0.2) is 0 Å². The van der Waals surface area contributed by atoms with Crippen LogP contribution in [0.25, 0.3) is 0 Å². The highest BCUT2D eigenvalue weighted by Gasteiger charge is 2.19. The van der Waals surface area contributed by atoms with Crippen molar-refractivity contribution in [2.45, 2.75) is 6.42 Å². The second-order valence-electron chi connectivity index (χ2n) is 4.16. The molecule has 1 heterocycles. The molecule has 0 saturated heterocycles. The van der Waals surface area contributed by atoms with Gasteiger partial charge >= 0.3 is 0 Å². The predicted molar refractivity (Wildman–Crippen MR) is 75.4 cm³/mol. The number of hydrazine groups is 1. The zero-order valence-electron chi connectivity index (χ0n) is 11.1. The van der Waals surface area contributed by atoms with Crippen LogP contribution in [0.4, 0.5) is 5.69 Å². The summed E-state index contributed by atoms with van der Waals surface area (Å²) in [7, 11) is 1.65. The van der Waals surface area contributed by atoms with E-state index < -0.39 is 0 Å². The lowest BCUT2D eigenvalue weighted by Gasteiger charge is -2.24. The fourth-order valence-corrected chi connectivity index (χ4v) is 2.00. The van der Waals surface area contributed by atoms with Crippen LogP contribution >= 0.6 is 0 Å². The normalized spacial score (nSPS) is 15.5. The van der Waals surface area contributed by atoms with Crippen molar-refractivity contribution in [3.63, 3.8) is 0 Å². The minimum Gasteiger partial charge on any atom is -0.491 e. The van der Waals surface area contributed by atoms with Crippen molar-refractivity contribution in [2.75, 3.05) is 38.3 Å². The lowest BCUT2D eigenvalue weighted by atomic mass is 10.2. The average molecular weight is 264 g/mol. The van der Waals surface area contributed by atoms with E-state index in [4.69, 9.17) is 15.3 Å². The maximum Gasteiger partial charge on any atom is 0.213 e. The van der Waals surface area contributed by atoms with Crippen LogP contribution in [0.3, 0.4) is 0 Å². The van der Waals surface area contributed by atoms with Gasteiger partial charge in [-0.2, -0.15) is 0 Å². The fourth-order valence-electron chi connectivity index (χ4n) is 2.00. The van der Waals surface area contributed by atoms with Gasteiger partial charge in [-0.3, -0.25) is 5.43 Å². The highest BCUT2D eigenvalue weighted by atomic mass is 16.5. The Bertz CT molecular complexity index is 436. The summed E-state index contributed by atoms with van der Waals surface area (Å²) < 4.78 is 10.7. The Morgan fingerprint density at radius 2 is 2.37 bits per heavy atom. The molecule has 1 aliphatic heterocycles. The van der Waals surface area contributed by atoms with Crippen LogP contribution in [-0.4, -0.2) is 39.4 Å². The van der Waals surface area contributed by atoms with E-state index in [1.165, 1.54) is 0 Å². The molecule has 1 aromatic rings. The zero-order valence-corrected chi connectivity index (χ0v) is 11.1. The van der Waals surface area contributed by atoms with Crippen LogP contribution in [0.1, 0.15) is 6.42 Å². The number of nitrogens with zero attached hydrogens (tertiary/aromatic N) is 2. The zero-order chi connectivity index (χ0) is 13.5. The first-order valence-electron chi connectivity index (χ1n) is 6.36. The van der Waals surface area contributed by atoms with Crippen LogP contribution < -0.4 is 20.9 Å². The molecule has 1 aliphatic rings. The summed E-state index contributed by atoms with van der Waals surface area (Å²) in [5.74, 6) is 7.08. The Balaban J connectivity index is 2.24. The van der Waals surface area contributed by atoms with Gasteiger partial charge in [-0.25, -0.2) is 10.8 Å². The summed E-state index contributed by atoms with van der Waals surface area (Å²) in [4.78, 5) is 6.46. The first-order valence-corrected chi connectivity index (χ1v) is 6.36. The quantitative estimate of drug-likeness (QED) is 0.277. The molecule has 0 amide bonds. The molecular weight excluding hydrogens is 244 g/mol. The monoisotopic (exact) mass is 264 g/mol. The first-order chi connectivity index (χ1) is 9.36. The molecule has 104 valence electrons. The summed E-state index contributed by atoms with van der Waals surface area (Å²) in [5.41, 5.74) is 3.64. The molecule has 0 radical (unpaired) electrons. The minimum absolute atomic E-state index is 0.565. The first kappa shape index (κ1) is 13.6. The van der Waals surface area contributed by atoms with E-state index in [-0.39, 0.29) is 0 Å². The van der Waals surface area contributed by atoms with Crippen LogP contribution in [0.2, 0.25) is 0 Å². The van der Waals surface area contributed by atoms with Crippen molar-refractivity contribution < 1.29 is 9.47 Å². The van der Waals surface area contributed by atoms with E-state index in [1.807, 2.05) is 29.2 Å². The molecular formula is C13H20N4O2. The standard InChI is InChI=1S/C13H20N4O2/c1-18-10-7-15-13(16-14)17-8-4-9-19-12-6-3-2-5-11(12)17/h2-3,5-6H,4,7-10,14H2,1H3,(H,15,16). The molecule has 0 atom stereocenters. The molecule has 0 fully saturated rings. The number of nitrogens with two attached hydrogens (primary N) is 1. The maximum atomic E-state index is 5.71. The highest BCUT2D eigenvalue weighted by Crippen LogP contribution is 2.30. The Morgan fingerprint density at radius 1 is 1.53 bits per heavy atom. The van der Waals surface area contributed by atoms with Crippen molar-refractivity contribution in [1.29, 1.82) is 0 Å².